The van der Waals surface area contributed by atoms with E-state index in [0.717, 1.165) is 73.1 Å². The van der Waals surface area contributed by atoms with Gasteiger partial charge in [0.1, 0.15) is 5.75 Å². The minimum Gasteiger partial charge on any atom is -0.497 e. The molecule has 4 aromatic rings. The van der Waals surface area contributed by atoms with Crippen molar-refractivity contribution < 1.29 is 9.53 Å². The van der Waals surface area contributed by atoms with Gasteiger partial charge in [-0.25, -0.2) is 9.97 Å². The third-order valence-corrected chi connectivity index (χ3v) is 8.20. The molecule has 1 aliphatic rings. The second kappa shape index (κ2) is 13.5. The number of methoxy groups -OCH3 is 1. The molecule has 2 aromatic carbocycles. The number of amides is 1. The normalized spacial score (nSPS) is 14.2. The number of nitrogens with one attached hydrogen (secondary N) is 2. The molecule has 1 fully saturated rings. The number of rotatable bonds is 11. The van der Waals surface area contributed by atoms with Crippen LogP contribution in [0.25, 0.3) is 10.6 Å². The lowest BCUT2D eigenvalue weighted by atomic mass is 10.1. The molecule has 40 heavy (non-hydrogen) atoms. The zero-order chi connectivity index (χ0) is 27.7. The second-order valence-corrected chi connectivity index (χ2v) is 11.1. The largest absolute Gasteiger partial charge is 0.497 e. The lowest BCUT2D eigenvalue weighted by Gasteiger charge is -2.32. The van der Waals surface area contributed by atoms with Crippen molar-refractivity contribution in [3.05, 3.63) is 88.9 Å². The fourth-order valence-electron chi connectivity index (χ4n) is 4.63. The van der Waals surface area contributed by atoms with E-state index in [4.69, 9.17) is 4.74 Å². The van der Waals surface area contributed by atoms with E-state index in [1.165, 1.54) is 16.9 Å². The van der Waals surface area contributed by atoms with Crippen molar-refractivity contribution in [2.24, 2.45) is 0 Å². The Morgan fingerprint density at radius 1 is 0.975 bits per heavy atom. The summed E-state index contributed by atoms with van der Waals surface area (Å²) >= 11 is 1.42. The molecule has 5 rings (SSSR count). The Labute approximate surface area is 240 Å². The van der Waals surface area contributed by atoms with E-state index in [2.05, 4.69) is 61.7 Å². The van der Waals surface area contributed by atoms with E-state index in [9.17, 15) is 4.79 Å². The van der Waals surface area contributed by atoms with E-state index >= 15 is 0 Å². The van der Waals surface area contributed by atoms with E-state index in [1.54, 1.807) is 13.3 Å². The SMILES string of the molecule is COc1cccc(CCNC(=O)c2ccc(-c3ccnc(Nc4ccc(CCN5CCN(C)CC5)cc4)n3)s2)c1. The Hall–Kier alpha value is -3.79. The van der Waals surface area contributed by atoms with Crippen LogP contribution in [0, 0.1) is 0 Å². The van der Waals surface area contributed by atoms with Gasteiger partial charge in [0.15, 0.2) is 0 Å². The predicted molar refractivity (Wildman–Crippen MR) is 162 cm³/mol. The minimum absolute atomic E-state index is 0.0840. The van der Waals surface area contributed by atoms with Gasteiger partial charge < -0.3 is 25.2 Å². The summed E-state index contributed by atoms with van der Waals surface area (Å²) < 4.78 is 5.27. The molecule has 2 N–H and O–H groups in total. The van der Waals surface area contributed by atoms with Crippen molar-refractivity contribution in [2.45, 2.75) is 12.8 Å². The number of carbonyl (C=O) groups is 1. The van der Waals surface area contributed by atoms with Crippen LogP contribution in [0.4, 0.5) is 11.6 Å². The lowest BCUT2D eigenvalue weighted by Crippen LogP contribution is -2.45. The smallest absolute Gasteiger partial charge is 0.261 e. The first-order valence-electron chi connectivity index (χ1n) is 13.7. The maximum Gasteiger partial charge on any atom is 0.261 e. The molecule has 1 aliphatic heterocycles. The quantitative estimate of drug-likeness (QED) is 0.277. The van der Waals surface area contributed by atoms with Crippen LogP contribution >= 0.6 is 11.3 Å². The molecule has 9 heteroatoms. The molecular weight excluding hydrogens is 520 g/mol. The zero-order valence-electron chi connectivity index (χ0n) is 23.1. The summed E-state index contributed by atoms with van der Waals surface area (Å²) in [7, 11) is 3.84. The number of anilines is 2. The number of hydrogen-bond donors (Lipinski definition) is 2. The van der Waals surface area contributed by atoms with E-state index in [-0.39, 0.29) is 5.91 Å². The van der Waals surface area contributed by atoms with Crippen LogP contribution in [0.2, 0.25) is 0 Å². The molecule has 8 nitrogen and oxygen atoms in total. The molecule has 0 radical (unpaired) electrons. The van der Waals surface area contributed by atoms with Gasteiger partial charge in [0.25, 0.3) is 5.91 Å². The van der Waals surface area contributed by atoms with Crippen molar-refractivity contribution >= 4 is 28.9 Å². The van der Waals surface area contributed by atoms with Gasteiger partial charge in [0.2, 0.25) is 5.95 Å². The van der Waals surface area contributed by atoms with Gasteiger partial charge in [0, 0.05) is 51.2 Å². The fourth-order valence-corrected chi connectivity index (χ4v) is 5.52. The van der Waals surface area contributed by atoms with Crippen LogP contribution in [0.1, 0.15) is 20.8 Å². The molecule has 2 aromatic heterocycles. The first kappa shape index (κ1) is 27.8. The summed E-state index contributed by atoms with van der Waals surface area (Å²) in [6.07, 6.45) is 3.52. The van der Waals surface area contributed by atoms with Gasteiger partial charge in [-0.3, -0.25) is 4.79 Å². The van der Waals surface area contributed by atoms with Crippen LogP contribution in [-0.2, 0) is 12.8 Å². The van der Waals surface area contributed by atoms with Crippen LogP contribution in [0.5, 0.6) is 5.75 Å². The highest BCUT2D eigenvalue weighted by Crippen LogP contribution is 2.27. The van der Waals surface area contributed by atoms with Gasteiger partial charge in [-0.1, -0.05) is 24.3 Å². The minimum atomic E-state index is -0.0840. The van der Waals surface area contributed by atoms with Gasteiger partial charge in [-0.15, -0.1) is 11.3 Å². The van der Waals surface area contributed by atoms with Crippen molar-refractivity contribution in [3.63, 3.8) is 0 Å². The number of nitrogens with zero attached hydrogens (tertiary/aromatic N) is 4. The number of carbonyl (C=O) groups excluding carboxylic acids is 1. The average molecular weight is 557 g/mol. The number of ether oxygens (including phenoxy) is 1. The summed E-state index contributed by atoms with van der Waals surface area (Å²) in [6, 6.07) is 22.0. The Kier molecular flexibility index (Phi) is 9.38. The van der Waals surface area contributed by atoms with Crippen LogP contribution < -0.4 is 15.4 Å². The molecule has 0 aliphatic carbocycles. The highest BCUT2D eigenvalue weighted by molar-refractivity contribution is 7.17. The van der Waals surface area contributed by atoms with Gasteiger partial charge in [0.05, 0.1) is 22.6 Å². The second-order valence-electron chi connectivity index (χ2n) is 10.0. The van der Waals surface area contributed by atoms with Gasteiger partial charge >= 0.3 is 0 Å². The number of benzene rings is 2. The lowest BCUT2D eigenvalue weighted by molar-refractivity contribution is 0.0958. The number of likely N-dealkylation sites (N-methyl/N-ethyl adjacent to an activating group) is 1. The number of thiophene rings is 1. The van der Waals surface area contributed by atoms with Gasteiger partial charge in [-0.2, -0.15) is 0 Å². The molecule has 3 heterocycles. The molecule has 0 spiro atoms. The summed E-state index contributed by atoms with van der Waals surface area (Å²) in [4.78, 5) is 28.3. The van der Waals surface area contributed by atoms with E-state index in [0.29, 0.717) is 17.4 Å². The van der Waals surface area contributed by atoms with Crippen molar-refractivity contribution in [1.29, 1.82) is 0 Å². The highest BCUT2D eigenvalue weighted by Gasteiger charge is 2.14. The first-order valence-corrected chi connectivity index (χ1v) is 14.5. The van der Waals surface area contributed by atoms with E-state index < -0.39 is 0 Å². The maximum atomic E-state index is 12.7. The maximum absolute atomic E-state index is 12.7. The molecule has 208 valence electrons. The summed E-state index contributed by atoms with van der Waals surface area (Å²) in [5.41, 5.74) is 4.17. The predicted octanol–water partition coefficient (Wildman–Crippen LogP) is 4.72. The van der Waals surface area contributed by atoms with Gasteiger partial charge in [-0.05, 0) is 73.5 Å². The Balaban J connectivity index is 1.12. The molecule has 0 atom stereocenters. The topological polar surface area (TPSA) is 82.6 Å². The molecule has 0 unspecified atom stereocenters. The Morgan fingerprint density at radius 3 is 2.60 bits per heavy atom. The van der Waals surface area contributed by atoms with Crippen LogP contribution in [0.3, 0.4) is 0 Å². The third kappa shape index (κ3) is 7.65. The molecule has 1 amide bonds. The highest BCUT2D eigenvalue weighted by atomic mass is 32.1. The van der Waals surface area contributed by atoms with Crippen LogP contribution in [-0.4, -0.2) is 79.1 Å². The molecule has 0 bridgehead atoms. The molecular formula is C31H36N6O2S. The van der Waals surface area contributed by atoms with Crippen molar-refractivity contribution in [3.8, 4) is 16.3 Å². The Morgan fingerprint density at radius 2 is 1.80 bits per heavy atom. The van der Waals surface area contributed by atoms with E-state index in [1.807, 2.05) is 42.5 Å². The monoisotopic (exact) mass is 556 g/mol. The zero-order valence-corrected chi connectivity index (χ0v) is 23.9. The van der Waals surface area contributed by atoms with Crippen LogP contribution in [0.15, 0.2) is 72.9 Å². The standard InChI is InChI=1S/C31H36N6O2S/c1-36-18-20-37(21-19-36)17-14-23-6-8-25(9-7-23)34-31-33-16-13-27(35-31)28-10-11-29(40-28)30(38)32-15-12-24-4-3-5-26(22-24)39-2/h3-11,13,16,22H,12,14-15,17-21H2,1-2H3,(H,32,38)(H,33,34,35). The summed E-state index contributed by atoms with van der Waals surface area (Å²) in [5, 5.41) is 6.32. The molecule has 0 saturated carbocycles. The van der Waals surface area contributed by atoms with Crippen molar-refractivity contribution in [2.75, 3.05) is 58.7 Å². The number of hydrogen-bond acceptors (Lipinski definition) is 8. The average Bonchev–Trinajstić information content (AvgIpc) is 3.49. The third-order valence-electron chi connectivity index (χ3n) is 7.09. The van der Waals surface area contributed by atoms with Crippen molar-refractivity contribution in [1.82, 2.24) is 25.1 Å². The Bertz CT molecular complexity index is 1400. The first-order chi connectivity index (χ1) is 19.6. The number of piperazine rings is 1. The fraction of sp³-hybridized carbons (Fsp3) is 0.323. The molecule has 1 saturated heterocycles. The number of aromatic nitrogens is 2. The summed E-state index contributed by atoms with van der Waals surface area (Å²) in [5.74, 6) is 1.26. The summed E-state index contributed by atoms with van der Waals surface area (Å²) in [6.45, 7) is 6.22.